The van der Waals surface area contributed by atoms with Gasteiger partial charge in [0.25, 0.3) is 0 Å². The van der Waals surface area contributed by atoms with E-state index in [4.69, 9.17) is 0 Å². The van der Waals surface area contributed by atoms with E-state index >= 15 is 0 Å². The first-order chi connectivity index (χ1) is 11.9. The summed E-state index contributed by atoms with van der Waals surface area (Å²) in [5, 5.41) is 13.8. The summed E-state index contributed by atoms with van der Waals surface area (Å²) in [5.41, 5.74) is 1.43. The third-order valence-corrected chi connectivity index (χ3v) is 5.45. The van der Waals surface area contributed by atoms with E-state index in [0.29, 0.717) is 13.1 Å². The fourth-order valence-corrected chi connectivity index (χ4v) is 3.99. The number of nitrogens with one attached hydrogen (secondary N) is 1. The average molecular weight is 345 g/mol. The van der Waals surface area contributed by atoms with E-state index in [0.717, 1.165) is 18.8 Å². The quantitative estimate of drug-likeness (QED) is 0.879. The van der Waals surface area contributed by atoms with Crippen LogP contribution in [-0.4, -0.2) is 64.7 Å². The summed E-state index contributed by atoms with van der Waals surface area (Å²) in [6.45, 7) is 9.00. The van der Waals surface area contributed by atoms with Gasteiger partial charge in [-0.3, -0.25) is 9.69 Å². The number of hydrogen-bond acceptors (Lipinski definition) is 4. The Bertz CT molecular complexity index is 593. The Balaban J connectivity index is 1.64. The second-order valence-electron chi connectivity index (χ2n) is 8.06. The highest BCUT2D eigenvalue weighted by molar-refractivity contribution is 5.89. The standard InChI is InChI=1S/C20H31N3O2/c1-15-7-9-16(10-8-15)21-20(2,3)19(25)23-13-17(18(24)14-23)22-11-5-4-6-12-22/h7-10,17-18,21,24H,4-6,11-14H2,1-3H3/t17-,18-/m0/s1. The Morgan fingerprint density at radius 2 is 1.76 bits per heavy atom. The van der Waals surface area contributed by atoms with Crippen molar-refractivity contribution < 1.29 is 9.90 Å². The van der Waals surface area contributed by atoms with Crippen LogP contribution in [0.25, 0.3) is 0 Å². The third kappa shape index (κ3) is 4.15. The highest BCUT2D eigenvalue weighted by atomic mass is 16.3. The van der Waals surface area contributed by atoms with E-state index in [2.05, 4.69) is 10.2 Å². The Kier molecular flexibility index (Phi) is 5.35. The maximum atomic E-state index is 13.0. The van der Waals surface area contributed by atoms with Crippen molar-refractivity contribution in [1.82, 2.24) is 9.80 Å². The number of likely N-dealkylation sites (tertiary alicyclic amines) is 2. The van der Waals surface area contributed by atoms with Crippen molar-refractivity contribution in [2.24, 2.45) is 0 Å². The van der Waals surface area contributed by atoms with Crippen molar-refractivity contribution in [3.63, 3.8) is 0 Å². The molecule has 0 radical (unpaired) electrons. The van der Waals surface area contributed by atoms with Gasteiger partial charge in [-0.05, 0) is 58.8 Å². The summed E-state index contributed by atoms with van der Waals surface area (Å²) < 4.78 is 0. The molecule has 3 rings (SSSR count). The van der Waals surface area contributed by atoms with E-state index in [1.54, 1.807) is 0 Å². The normalized spacial score (nSPS) is 25.2. The Morgan fingerprint density at radius 1 is 1.12 bits per heavy atom. The molecular weight excluding hydrogens is 314 g/mol. The Morgan fingerprint density at radius 3 is 2.40 bits per heavy atom. The minimum absolute atomic E-state index is 0.0478. The maximum absolute atomic E-state index is 13.0. The smallest absolute Gasteiger partial charge is 0.247 e. The number of rotatable bonds is 4. The van der Waals surface area contributed by atoms with Gasteiger partial charge >= 0.3 is 0 Å². The second-order valence-corrected chi connectivity index (χ2v) is 8.06. The number of aryl methyl sites for hydroxylation is 1. The lowest BCUT2D eigenvalue weighted by molar-refractivity contribution is -0.134. The van der Waals surface area contributed by atoms with Crippen LogP contribution in [0, 0.1) is 6.92 Å². The zero-order valence-electron chi connectivity index (χ0n) is 15.7. The molecule has 0 bridgehead atoms. The number of aliphatic hydroxyl groups is 1. The summed E-state index contributed by atoms with van der Waals surface area (Å²) in [4.78, 5) is 17.2. The van der Waals surface area contributed by atoms with Gasteiger partial charge in [-0.15, -0.1) is 0 Å². The molecule has 0 spiro atoms. The summed E-state index contributed by atoms with van der Waals surface area (Å²) in [6, 6.07) is 8.16. The predicted octanol–water partition coefficient (Wildman–Crippen LogP) is 2.24. The number of β-amino-alcohol motifs (C(OH)–C–C–N with tert-alkyl or cyclic N) is 1. The molecule has 2 fully saturated rings. The van der Waals surface area contributed by atoms with Crippen molar-refractivity contribution in [3.05, 3.63) is 29.8 Å². The molecule has 0 aromatic heterocycles. The van der Waals surface area contributed by atoms with E-state index < -0.39 is 11.6 Å². The van der Waals surface area contributed by atoms with E-state index in [-0.39, 0.29) is 11.9 Å². The van der Waals surface area contributed by atoms with Gasteiger partial charge < -0.3 is 15.3 Å². The van der Waals surface area contributed by atoms with Crippen molar-refractivity contribution in [3.8, 4) is 0 Å². The minimum atomic E-state index is -0.703. The largest absolute Gasteiger partial charge is 0.390 e. The number of nitrogens with zero attached hydrogens (tertiary/aromatic N) is 2. The molecule has 2 aliphatic rings. The highest BCUT2D eigenvalue weighted by Crippen LogP contribution is 2.24. The number of piperidine rings is 1. The maximum Gasteiger partial charge on any atom is 0.247 e. The predicted molar refractivity (Wildman–Crippen MR) is 101 cm³/mol. The molecule has 1 aromatic rings. The molecule has 138 valence electrons. The number of aliphatic hydroxyl groups excluding tert-OH is 1. The number of carbonyl (C=O) groups is 1. The molecular formula is C20H31N3O2. The number of amides is 1. The van der Waals surface area contributed by atoms with Crippen molar-refractivity contribution >= 4 is 11.6 Å². The molecule has 2 atom stereocenters. The molecule has 5 heteroatoms. The van der Waals surface area contributed by atoms with Crippen LogP contribution in [0.3, 0.4) is 0 Å². The van der Waals surface area contributed by atoms with E-state index in [1.807, 2.05) is 49.9 Å². The van der Waals surface area contributed by atoms with Gasteiger partial charge in [-0.1, -0.05) is 24.1 Å². The van der Waals surface area contributed by atoms with Crippen molar-refractivity contribution in [1.29, 1.82) is 0 Å². The Hall–Kier alpha value is -1.59. The van der Waals surface area contributed by atoms with Gasteiger partial charge in [-0.25, -0.2) is 0 Å². The summed E-state index contributed by atoms with van der Waals surface area (Å²) >= 11 is 0. The number of hydrogen-bond donors (Lipinski definition) is 2. The van der Waals surface area contributed by atoms with E-state index in [9.17, 15) is 9.90 Å². The summed E-state index contributed by atoms with van der Waals surface area (Å²) in [6.07, 6.45) is 3.21. The lowest BCUT2D eigenvalue weighted by Gasteiger charge is -2.34. The summed E-state index contributed by atoms with van der Waals surface area (Å²) in [5.74, 6) is 0.0478. The fraction of sp³-hybridized carbons (Fsp3) is 0.650. The van der Waals surface area contributed by atoms with Crippen LogP contribution in [0.2, 0.25) is 0 Å². The molecule has 1 amide bonds. The SMILES string of the molecule is Cc1ccc(NC(C)(C)C(=O)N2C[C@H](O)[C@@H](N3CCCCC3)C2)cc1. The Labute approximate surface area is 151 Å². The molecule has 25 heavy (non-hydrogen) atoms. The van der Waals surface area contributed by atoms with Crippen LogP contribution in [0.15, 0.2) is 24.3 Å². The molecule has 2 heterocycles. The van der Waals surface area contributed by atoms with Crippen LogP contribution >= 0.6 is 0 Å². The lowest BCUT2D eigenvalue weighted by Crippen LogP contribution is -2.50. The minimum Gasteiger partial charge on any atom is -0.390 e. The molecule has 2 saturated heterocycles. The first kappa shape index (κ1) is 18.2. The first-order valence-electron chi connectivity index (χ1n) is 9.43. The zero-order valence-corrected chi connectivity index (χ0v) is 15.7. The topological polar surface area (TPSA) is 55.8 Å². The van der Waals surface area contributed by atoms with Gasteiger partial charge in [0.15, 0.2) is 0 Å². The molecule has 2 aliphatic heterocycles. The first-order valence-corrected chi connectivity index (χ1v) is 9.43. The van der Waals surface area contributed by atoms with Gasteiger partial charge in [0.05, 0.1) is 12.1 Å². The van der Waals surface area contributed by atoms with Gasteiger partial charge in [0.2, 0.25) is 5.91 Å². The van der Waals surface area contributed by atoms with Gasteiger partial charge in [0.1, 0.15) is 5.54 Å². The fourth-order valence-electron chi connectivity index (χ4n) is 3.99. The second kappa shape index (κ2) is 7.34. The molecule has 1 aromatic carbocycles. The third-order valence-electron chi connectivity index (χ3n) is 5.45. The van der Waals surface area contributed by atoms with Gasteiger partial charge in [0, 0.05) is 18.8 Å². The lowest BCUT2D eigenvalue weighted by atomic mass is 10.0. The molecule has 0 saturated carbocycles. The number of anilines is 1. The monoisotopic (exact) mass is 345 g/mol. The van der Waals surface area contributed by atoms with Crippen LogP contribution in [-0.2, 0) is 4.79 Å². The molecule has 0 unspecified atom stereocenters. The van der Waals surface area contributed by atoms with Crippen LogP contribution < -0.4 is 5.32 Å². The van der Waals surface area contributed by atoms with Crippen molar-refractivity contribution in [2.75, 3.05) is 31.5 Å². The summed E-state index contributed by atoms with van der Waals surface area (Å²) in [7, 11) is 0. The number of benzene rings is 1. The van der Waals surface area contributed by atoms with Crippen LogP contribution in [0.5, 0.6) is 0 Å². The van der Waals surface area contributed by atoms with Crippen molar-refractivity contribution in [2.45, 2.75) is 57.7 Å². The average Bonchev–Trinajstić information content (AvgIpc) is 2.98. The highest BCUT2D eigenvalue weighted by Gasteiger charge is 2.42. The van der Waals surface area contributed by atoms with Crippen LogP contribution in [0.1, 0.15) is 38.7 Å². The van der Waals surface area contributed by atoms with Gasteiger partial charge in [-0.2, -0.15) is 0 Å². The molecule has 2 N–H and O–H groups in total. The zero-order chi connectivity index (χ0) is 18.0. The van der Waals surface area contributed by atoms with E-state index in [1.165, 1.54) is 24.8 Å². The molecule has 5 nitrogen and oxygen atoms in total. The van der Waals surface area contributed by atoms with Crippen LogP contribution in [0.4, 0.5) is 5.69 Å². The molecule has 0 aliphatic carbocycles. The number of carbonyl (C=O) groups excluding carboxylic acids is 1.